The Morgan fingerprint density at radius 3 is 1.95 bits per heavy atom. The predicted molar refractivity (Wildman–Crippen MR) is 96.9 cm³/mol. The van der Waals surface area contributed by atoms with Crippen molar-refractivity contribution < 1.29 is 0 Å². The molecule has 0 nitrogen and oxygen atoms in total. The summed E-state index contributed by atoms with van der Waals surface area (Å²) in [6.07, 6.45) is 0. The second kappa shape index (κ2) is 5.30. The normalized spacial score (nSPS) is 11.0. The Balaban J connectivity index is 0.000000115. The van der Waals surface area contributed by atoms with Crippen LogP contribution >= 0.6 is 45.3 Å². The molecule has 1 aromatic carbocycles. The SMILES string of the molecule is c1cc2c(ccc3ccsc32)s1.c1cc2sccc2s1. The fourth-order valence-corrected chi connectivity index (χ4v) is 5.78. The molecule has 5 rings (SSSR count). The second-order valence-corrected chi connectivity index (χ2v) is 8.07. The van der Waals surface area contributed by atoms with E-state index in [0.29, 0.717) is 0 Å². The van der Waals surface area contributed by atoms with Crippen LogP contribution in [0.25, 0.3) is 29.6 Å². The Bertz CT molecular complexity index is 863. The highest BCUT2D eigenvalue weighted by molar-refractivity contribution is 7.25. The topological polar surface area (TPSA) is 0 Å². The van der Waals surface area contributed by atoms with Crippen molar-refractivity contribution in [3.05, 3.63) is 57.9 Å². The average Bonchev–Trinajstić information content (AvgIpc) is 3.22. The lowest BCUT2D eigenvalue weighted by Gasteiger charge is -1.90. The maximum Gasteiger partial charge on any atom is 0.0450 e. The molecule has 98 valence electrons. The number of hydrogen-bond acceptors (Lipinski definition) is 4. The molecule has 0 amide bonds. The van der Waals surface area contributed by atoms with Gasteiger partial charge in [0.2, 0.25) is 0 Å². The Morgan fingerprint density at radius 2 is 1.15 bits per heavy atom. The van der Waals surface area contributed by atoms with Crippen LogP contribution < -0.4 is 0 Å². The third kappa shape index (κ3) is 2.19. The van der Waals surface area contributed by atoms with Crippen molar-refractivity contribution in [2.45, 2.75) is 0 Å². The van der Waals surface area contributed by atoms with Gasteiger partial charge < -0.3 is 0 Å². The molecule has 4 heterocycles. The molecule has 0 saturated heterocycles. The van der Waals surface area contributed by atoms with Crippen LogP contribution in [0.15, 0.2) is 57.9 Å². The summed E-state index contributed by atoms with van der Waals surface area (Å²) in [5.74, 6) is 0. The molecule has 20 heavy (non-hydrogen) atoms. The van der Waals surface area contributed by atoms with Gasteiger partial charge >= 0.3 is 0 Å². The first-order chi connectivity index (χ1) is 9.92. The zero-order valence-electron chi connectivity index (χ0n) is 10.4. The van der Waals surface area contributed by atoms with E-state index in [4.69, 9.17) is 0 Å². The van der Waals surface area contributed by atoms with Gasteiger partial charge in [-0.3, -0.25) is 0 Å². The van der Waals surface area contributed by atoms with Gasteiger partial charge in [-0.15, -0.1) is 45.3 Å². The molecule has 4 heteroatoms. The van der Waals surface area contributed by atoms with Crippen molar-refractivity contribution in [3.8, 4) is 0 Å². The molecule has 0 bridgehead atoms. The van der Waals surface area contributed by atoms with Crippen molar-refractivity contribution in [2.75, 3.05) is 0 Å². The van der Waals surface area contributed by atoms with E-state index in [0.717, 1.165) is 0 Å². The minimum atomic E-state index is 1.37. The molecule has 5 aromatic rings. The molecule has 0 aliphatic carbocycles. The second-order valence-electron chi connectivity index (χ2n) is 4.31. The fraction of sp³-hybridized carbons (Fsp3) is 0. The van der Waals surface area contributed by atoms with Crippen LogP contribution in [0.2, 0.25) is 0 Å². The molecular formula is C16H10S4. The van der Waals surface area contributed by atoms with Gasteiger partial charge in [-0.1, -0.05) is 6.07 Å². The van der Waals surface area contributed by atoms with E-state index in [1.165, 1.54) is 29.6 Å². The summed E-state index contributed by atoms with van der Waals surface area (Å²) in [4.78, 5) is 0. The lowest BCUT2D eigenvalue weighted by atomic mass is 10.2. The highest BCUT2D eigenvalue weighted by atomic mass is 32.1. The summed E-state index contributed by atoms with van der Waals surface area (Å²) in [6.45, 7) is 0. The quantitative estimate of drug-likeness (QED) is 0.284. The van der Waals surface area contributed by atoms with E-state index in [9.17, 15) is 0 Å². The van der Waals surface area contributed by atoms with Crippen molar-refractivity contribution in [3.63, 3.8) is 0 Å². The van der Waals surface area contributed by atoms with Gasteiger partial charge in [-0.25, -0.2) is 0 Å². The molecule has 0 spiro atoms. The van der Waals surface area contributed by atoms with Gasteiger partial charge in [0.1, 0.15) is 0 Å². The van der Waals surface area contributed by atoms with E-state index < -0.39 is 0 Å². The van der Waals surface area contributed by atoms with E-state index in [2.05, 4.69) is 57.9 Å². The third-order valence-corrected chi connectivity index (χ3v) is 6.86. The Hall–Kier alpha value is -1.20. The summed E-state index contributed by atoms with van der Waals surface area (Å²) in [6, 6.07) is 13.1. The van der Waals surface area contributed by atoms with Crippen LogP contribution in [0.1, 0.15) is 0 Å². The van der Waals surface area contributed by atoms with Gasteiger partial charge in [-0.05, 0) is 57.2 Å². The average molecular weight is 331 g/mol. The first kappa shape index (κ1) is 12.5. The molecule has 0 atom stereocenters. The monoisotopic (exact) mass is 330 g/mol. The third-order valence-electron chi connectivity index (χ3n) is 3.12. The summed E-state index contributed by atoms with van der Waals surface area (Å²) in [5.41, 5.74) is 0. The highest BCUT2D eigenvalue weighted by Crippen LogP contribution is 2.32. The predicted octanol–water partition coefficient (Wildman–Crippen LogP) is 7.08. The Labute approximate surface area is 132 Å². The molecule has 0 saturated carbocycles. The van der Waals surface area contributed by atoms with Crippen LogP contribution in [0.5, 0.6) is 0 Å². The summed E-state index contributed by atoms with van der Waals surface area (Å²) in [5, 5.41) is 11.3. The lowest BCUT2D eigenvalue weighted by molar-refractivity contribution is 2.00. The van der Waals surface area contributed by atoms with Crippen LogP contribution in [0.3, 0.4) is 0 Å². The van der Waals surface area contributed by atoms with Gasteiger partial charge in [-0.2, -0.15) is 0 Å². The maximum absolute atomic E-state index is 2.21. The number of benzene rings is 1. The fourth-order valence-electron chi connectivity index (χ4n) is 2.17. The number of hydrogen-bond donors (Lipinski definition) is 0. The zero-order valence-corrected chi connectivity index (χ0v) is 13.7. The van der Waals surface area contributed by atoms with Crippen molar-refractivity contribution >= 4 is 74.9 Å². The first-order valence-corrected chi connectivity index (χ1v) is 9.68. The minimum absolute atomic E-state index is 1.37. The minimum Gasteiger partial charge on any atom is -0.144 e. The van der Waals surface area contributed by atoms with E-state index in [1.807, 2.05) is 22.7 Å². The molecule has 0 unspecified atom stereocenters. The smallest absolute Gasteiger partial charge is 0.0450 e. The summed E-state index contributed by atoms with van der Waals surface area (Å²) in [7, 11) is 0. The summed E-state index contributed by atoms with van der Waals surface area (Å²) >= 11 is 7.25. The van der Waals surface area contributed by atoms with Crippen molar-refractivity contribution in [1.82, 2.24) is 0 Å². The van der Waals surface area contributed by atoms with E-state index in [-0.39, 0.29) is 0 Å². The highest BCUT2D eigenvalue weighted by Gasteiger charge is 2.00. The first-order valence-electron chi connectivity index (χ1n) is 6.16. The molecular weight excluding hydrogens is 320 g/mol. The van der Waals surface area contributed by atoms with E-state index in [1.54, 1.807) is 22.7 Å². The molecule has 0 aliphatic heterocycles. The number of thiophene rings is 4. The molecule has 0 fully saturated rings. The Morgan fingerprint density at radius 1 is 0.500 bits per heavy atom. The molecule has 0 radical (unpaired) electrons. The van der Waals surface area contributed by atoms with Crippen molar-refractivity contribution in [1.29, 1.82) is 0 Å². The van der Waals surface area contributed by atoms with E-state index >= 15 is 0 Å². The van der Waals surface area contributed by atoms with Crippen LogP contribution in [-0.4, -0.2) is 0 Å². The van der Waals surface area contributed by atoms with Crippen LogP contribution in [0.4, 0.5) is 0 Å². The van der Waals surface area contributed by atoms with Gasteiger partial charge in [0.05, 0.1) is 0 Å². The molecule has 4 aromatic heterocycles. The van der Waals surface area contributed by atoms with Gasteiger partial charge in [0, 0.05) is 24.2 Å². The molecule has 0 N–H and O–H groups in total. The standard InChI is InChI=1S/C10H6S2.C6H4S2/c1-2-9-8(4-6-11-9)10-7(1)3-5-12-10;1-3-7-6-2-4-8-5(1)6/h1-6H;1-4H. The van der Waals surface area contributed by atoms with Crippen LogP contribution in [-0.2, 0) is 0 Å². The van der Waals surface area contributed by atoms with Gasteiger partial charge in [0.25, 0.3) is 0 Å². The molecule has 0 aliphatic rings. The number of rotatable bonds is 0. The number of fused-ring (bicyclic) bond motifs is 4. The lowest BCUT2D eigenvalue weighted by Crippen LogP contribution is -1.62. The maximum atomic E-state index is 2.21. The Kier molecular flexibility index (Phi) is 3.32. The largest absolute Gasteiger partial charge is 0.144 e. The summed E-state index contributed by atoms with van der Waals surface area (Å²) < 4.78 is 5.64. The van der Waals surface area contributed by atoms with Crippen molar-refractivity contribution in [2.24, 2.45) is 0 Å². The van der Waals surface area contributed by atoms with Crippen LogP contribution in [0, 0.1) is 0 Å². The van der Waals surface area contributed by atoms with Gasteiger partial charge in [0.15, 0.2) is 0 Å². The zero-order chi connectivity index (χ0) is 13.4.